The molecule has 1 rings (SSSR count). The summed E-state index contributed by atoms with van der Waals surface area (Å²) in [6.45, 7) is 0.582. The first-order chi connectivity index (χ1) is 8.45. The van der Waals surface area contributed by atoms with Gasteiger partial charge in [0, 0.05) is 20.2 Å². The van der Waals surface area contributed by atoms with E-state index in [4.69, 9.17) is 10.8 Å². The average molecular weight is 259 g/mol. The zero-order valence-electron chi connectivity index (χ0n) is 10.1. The summed E-state index contributed by atoms with van der Waals surface area (Å²) in [7, 11) is 1.25. The molecule has 0 aromatic carbocycles. The number of carboxylic acids is 1. The van der Waals surface area contributed by atoms with Crippen LogP contribution in [0.3, 0.4) is 0 Å². The maximum atomic E-state index is 11.7. The van der Waals surface area contributed by atoms with Crippen molar-refractivity contribution in [2.24, 2.45) is 11.7 Å². The molecule has 0 bridgehead atoms. The molecule has 4 N–H and O–H groups in total. The quantitative estimate of drug-likeness (QED) is 0.560. The molecule has 0 aliphatic carbocycles. The number of nitrogens with two attached hydrogens (primary N) is 1. The topological polar surface area (TPSA) is 122 Å². The Morgan fingerprint density at radius 3 is 2.67 bits per heavy atom. The zero-order valence-corrected chi connectivity index (χ0v) is 10.1. The molecule has 0 aromatic heterocycles. The van der Waals surface area contributed by atoms with E-state index in [0.29, 0.717) is 13.0 Å². The molecular weight excluding hydrogens is 242 g/mol. The van der Waals surface area contributed by atoms with Crippen LogP contribution in [0, 0.1) is 5.92 Å². The Hall–Kier alpha value is -1.83. The number of nitrogens with zero attached hydrogens (tertiary/aromatic N) is 1. The maximum absolute atomic E-state index is 11.7. The Labute approximate surface area is 104 Å². The van der Waals surface area contributed by atoms with Gasteiger partial charge in [-0.2, -0.15) is 0 Å². The van der Waals surface area contributed by atoms with Gasteiger partial charge in [-0.15, -0.1) is 0 Å². The second kappa shape index (κ2) is 6.20. The molecule has 0 radical (unpaired) electrons. The first-order valence-corrected chi connectivity index (χ1v) is 5.53. The molecule has 3 amide bonds. The third kappa shape index (κ3) is 3.59. The molecule has 1 aliphatic heterocycles. The van der Waals surface area contributed by atoms with Gasteiger partial charge < -0.3 is 25.8 Å². The van der Waals surface area contributed by atoms with Gasteiger partial charge in [-0.1, -0.05) is 0 Å². The van der Waals surface area contributed by atoms with E-state index in [1.807, 2.05) is 0 Å². The summed E-state index contributed by atoms with van der Waals surface area (Å²) in [5, 5.41) is 11.2. The second-order valence-electron chi connectivity index (χ2n) is 4.08. The molecule has 8 heteroatoms. The van der Waals surface area contributed by atoms with E-state index in [1.54, 1.807) is 0 Å². The average Bonchev–Trinajstić information content (AvgIpc) is 2.78. The number of nitrogens with one attached hydrogen (secondary N) is 1. The van der Waals surface area contributed by atoms with Gasteiger partial charge in [-0.3, -0.25) is 4.79 Å². The molecule has 2 unspecified atom stereocenters. The highest BCUT2D eigenvalue weighted by Gasteiger charge is 2.30. The van der Waals surface area contributed by atoms with Crippen molar-refractivity contribution in [3.63, 3.8) is 0 Å². The lowest BCUT2D eigenvalue weighted by Gasteiger charge is -2.18. The number of primary amides is 1. The van der Waals surface area contributed by atoms with Gasteiger partial charge in [0.2, 0.25) is 5.91 Å². The maximum Gasteiger partial charge on any atom is 0.334 e. The fourth-order valence-electron chi connectivity index (χ4n) is 1.74. The molecule has 0 spiro atoms. The lowest BCUT2D eigenvalue weighted by atomic mass is 10.1. The smallest absolute Gasteiger partial charge is 0.334 e. The molecule has 0 saturated carbocycles. The minimum atomic E-state index is -1.14. The van der Waals surface area contributed by atoms with E-state index in [0.717, 1.165) is 0 Å². The van der Waals surface area contributed by atoms with E-state index in [-0.39, 0.29) is 19.0 Å². The molecule has 1 aliphatic rings. The van der Waals surface area contributed by atoms with Gasteiger partial charge >= 0.3 is 12.0 Å². The number of amides is 3. The van der Waals surface area contributed by atoms with E-state index >= 15 is 0 Å². The SMILES string of the molecule is COC(CNC(=O)N1CCC(C(N)=O)C1)C(=O)O. The fourth-order valence-corrected chi connectivity index (χ4v) is 1.74. The van der Waals surface area contributed by atoms with Crippen LogP contribution < -0.4 is 11.1 Å². The fraction of sp³-hybridized carbons (Fsp3) is 0.700. The number of hydrogen-bond donors (Lipinski definition) is 3. The van der Waals surface area contributed by atoms with Crippen molar-refractivity contribution in [1.82, 2.24) is 10.2 Å². The summed E-state index contributed by atoms with van der Waals surface area (Å²) in [6, 6.07) is -0.415. The minimum absolute atomic E-state index is 0.123. The molecule has 0 aromatic rings. The van der Waals surface area contributed by atoms with Crippen LogP contribution in [-0.4, -0.2) is 60.8 Å². The summed E-state index contributed by atoms with van der Waals surface area (Å²) >= 11 is 0. The van der Waals surface area contributed by atoms with Gasteiger partial charge in [-0.05, 0) is 6.42 Å². The summed E-state index contributed by atoms with van der Waals surface area (Å²) in [5.74, 6) is -1.90. The van der Waals surface area contributed by atoms with Crippen molar-refractivity contribution in [3.8, 4) is 0 Å². The number of carbonyl (C=O) groups is 3. The van der Waals surface area contributed by atoms with Crippen LogP contribution in [0.5, 0.6) is 0 Å². The molecule has 1 saturated heterocycles. The number of carboxylic acid groups (broad SMARTS) is 1. The Balaban J connectivity index is 2.38. The van der Waals surface area contributed by atoms with Crippen LogP contribution in [-0.2, 0) is 14.3 Å². The zero-order chi connectivity index (χ0) is 13.7. The van der Waals surface area contributed by atoms with Gasteiger partial charge in [0.1, 0.15) is 0 Å². The Bertz CT molecular complexity index is 346. The van der Waals surface area contributed by atoms with E-state index in [1.165, 1.54) is 12.0 Å². The number of aliphatic carboxylic acids is 1. The first-order valence-electron chi connectivity index (χ1n) is 5.53. The van der Waals surface area contributed by atoms with E-state index < -0.39 is 24.0 Å². The van der Waals surface area contributed by atoms with E-state index in [9.17, 15) is 14.4 Å². The Morgan fingerprint density at radius 1 is 1.56 bits per heavy atom. The molecule has 8 nitrogen and oxygen atoms in total. The van der Waals surface area contributed by atoms with Crippen molar-refractivity contribution in [2.45, 2.75) is 12.5 Å². The number of hydrogen-bond acceptors (Lipinski definition) is 4. The summed E-state index contributed by atoms with van der Waals surface area (Å²) in [6.07, 6.45) is -0.543. The van der Waals surface area contributed by atoms with Crippen molar-refractivity contribution in [2.75, 3.05) is 26.7 Å². The number of urea groups is 1. The number of methoxy groups -OCH3 is 1. The largest absolute Gasteiger partial charge is 0.479 e. The summed E-state index contributed by atoms with van der Waals surface area (Å²) in [5.41, 5.74) is 5.15. The van der Waals surface area contributed by atoms with Crippen LogP contribution in [0.25, 0.3) is 0 Å². The van der Waals surface area contributed by atoms with Crippen molar-refractivity contribution in [3.05, 3.63) is 0 Å². The highest BCUT2D eigenvalue weighted by Crippen LogP contribution is 2.15. The van der Waals surface area contributed by atoms with Crippen molar-refractivity contribution < 1.29 is 24.2 Å². The predicted octanol–water partition coefficient (Wildman–Crippen LogP) is -1.40. The monoisotopic (exact) mass is 259 g/mol. The number of carbonyl (C=O) groups excluding carboxylic acids is 2. The molecule has 2 atom stereocenters. The normalized spacial score (nSPS) is 20.5. The van der Waals surface area contributed by atoms with Crippen molar-refractivity contribution >= 4 is 17.9 Å². The Morgan fingerprint density at radius 2 is 2.22 bits per heavy atom. The van der Waals surface area contributed by atoms with Crippen LogP contribution in [0.4, 0.5) is 4.79 Å². The van der Waals surface area contributed by atoms with Crippen LogP contribution in [0.15, 0.2) is 0 Å². The van der Waals surface area contributed by atoms with Crippen LogP contribution in [0.2, 0.25) is 0 Å². The second-order valence-corrected chi connectivity index (χ2v) is 4.08. The number of likely N-dealkylation sites (tertiary alicyclic amines) is 1. The predicted molar refractivity (Wildman–Crippen MR) is 60.7 cm³/mol. The number of ether oxygens (including phenoxy) is 1. The molecule has 18 heavy (non-hydrogen) atoms. The lowest BCUT2D eigenvalue weighted by molar-refractivity contribution is -0.148. The Kier molecular flexibility index (Phi) is 4.90. The minimum Gasteiger partial charge on any atom is -0.479 e. The summed E-state index contributed by atoms with van der Waals surface area (Å²) < 4.78 is 4.68. The van der Waals surface area contributed by atoms with Gasteiger partial charge in [-0.25, -0.2) is 9.59 Å². The first kappa shape index (κ1) is 14.2. The van der Waals surface area contributed by atoms with E-state index in [2.05, 4.69) is 10.1 Å². The van der Waals surface area contributed by atoms with Crippen LogP contribution in [0.1, 0.15) is 6.42 Å². The molecular formula is C10H17N3O5. The number of rotatable bonds is 5. The molecule has 1 fully saturated rings. The molecule has 1 heterocycles. The van der Waals surface area contributed by atoms with Gasteiger partial charge in [0.05, 0.1) is 12.5 Å². The highest BCUT2D eigenvalue weighted by atomic mass is 16.5. The highest BCUT2D eigenvalue weighted by molar-refractivity contribution is 5.80. The third-order valence-corrected chi connectivity index (χ3v) is 2.88. The van der Waals surface area contributed by atoms with Gasteiger partial charge in [0.25, 0.3) is 0 Å². The van der Waals surface area contributed by atoms with Crippen LogP contribution >= 0.6 is 0 Å². The van der Waals surface area contributed by atoms with Crippen molar-refractivity contribution in [1.29, 1.82) is 0 Å². The summed E-state index contributed by atoms with van der Waals surface area (Å²) in [4.78, 5) is 34.7. The lowest BCUT2D eigenvalue weighted by Crippen LogP contribution is -2.44. The molecule has 102 valence electrons. The standard InChI is InChI=1S/C10H17N3O5/c1-18-7(9(15)16)4-12-10(17)13-3-2-6(5-13)8(11)14/h6-7H,2-5H2,1H3,(H2,11,14)(H,12,17)(H,15,16). The van der Waals surface area contributed by atoms with Gasteiger partial charge in [0.15, 0.2) is 6.10 Å². The third-order valence-electron chi connectivity index (χ3n) is 2.88.